The predicted octanol–water partition coefficient (Wildman–Crippen LogP) is 4.84. The number of aliphatic carboxylic acids is 1. The van der Waals surface area contributed by atoms with Crippen LogP contribution in [0.3, 0.4) is 0 Å². The number of carboxylic acids is 1. The molecule has 2 N–H and O–H groups in total. The molecule has 1 heterocycles. The first-order valence-electron chi connectivity index (χ1n) is 7.06. The number of aryl methyl sites for hydroxylation is 2. The third-order valence-corrected chi connectivity index (χ3v) is 4.78. The zero-order chi connectivity index (χ0) is 15.9. The zero-order valence-electron chi connectivity index (χ0n) is 12.4. The zero-order valence-corrected chi connectivity index (χ0v) is 14.0. The first kappa shape index (κ1) is 14.9. The summed E-state index contributed by atoms with van der Waals surface area (Å²) in [5.74, 6) is -0.826. The number of rotatable bonds is 3. The van der Waals surface area contributed by atoms with Crippen LogP contribution >= 0.6 is 15.9 Å². The lowest BCUT2D eigenvalue weighted by molar-refractivity contribution is -0.136. The lowest BCUT2D eigenvalue weighted by Gasteiger charge is -2.05. The minimum Gasteiger partial charge on any atom is -0.481 e. The molecule has 3 aromatic rings. The van der Waals surface area contributed by atoms with Crippen LogP contribution in [0.2, 0.25) is 0 Å². The van der Waals surface area contributed by atoms with E-state index in [1.807, 2.05) is 36.4 Å². The average Bonchev–Trinajstić information content (AvgIpc) is 2.82. The summed E-state index contributed by atoms with van der Waals surface area (Å²) in [6, 6.07) is 11.9. The van der Waals surface area contributed by atoms with Crippen molar-refractivity contribution in [2.75, 3.05) is 0 Å². The Labute approximate surface area is 137 Å². The molecule has 3 nitrogen and oxygen atoms in total. The number of carbonyl (C=O) groups is 1. The summed E-state index contributed by atoms with van der Waals surface area (Å²) < 4.78 is 0.947. The fourth-order valence-electron chi connectivity index (χ4n) is 2.79. The minimum atomic E-state index is -0.826. The van der Waals surface area contributed by atoms with Crippen LogP contribution in [0.1, 0.15) is 16.7 Å². The van der Waals surface area contributed by atoms with E-state index in [4.69, 9.17) is 0 Å². The highest BCUT2D eigenvalue weighted by Crippen LogP contribution is 2.36. The number of aromatic amines is 1. The number of hydrogen-bond donors (Lipinski definition) is 2. The second-order valence-corrected chi connectivity index (χ2v) is 6.31. The monoisotopic (exact) mass is 357 g/mol. The van der Waals surface area contributed by atoms with Crippen molar-refractivity contribution in [2.24, 2.45) is 0 Å². The normalized spacial score (nSPS) is 11.0. The van der Waals surface area contributed by atoms with E-state index in [1.165, 1.54) is 5.56 Å². The summed E-state index contributed by atoms with van der Waals surface area (Å²) in [7, 11) is 0. The number of halogens is 1. The minimum absolute atomic E-state index is 0.000825. The molecule has 0 bridgehead atoms. The molecule has 0 aliphatic rings. The van der Waals surface area contributed by atoms with E-state index >= 15 is 0 Å². The summed E-state index contributed by atoms with van der Waals surface area (Å²) in [5, 5.41) is 10.3. The van der Waals surface area contributed by atoms with Crippen LogP contribution in [0, 0.1) is 13.8 Å². The maximum atomic E-state index is 11.3. The molecule has 2 aromatic carbocycles. The molecule has 1 aromatic heterocycles. The predicted molar refractivity (Wildman–Crippen MR) is 92.2 cm³/mol. The van der Waals surface area contributed by atoms with Gasteiger partial charge in [-0.3, -0.25) is 4.79 Å². The molecule has 112 valence electrons. The first-order chi connectivity index (χ1) is 10.5. The Hall–Kier alpha value is -2.07. The second-order valence-electron chi connectivity index (χ2n) is 5.46. The van der Waals surface area contributed by atoms with Gasteiger partial charge in [0.25, 0.3) is 0 Å². The van der Waals surface area contributed by atoms with Gasteiger partial charge in [0, 0.05) is 20.9 Å². The number of H-pyrrole nitrogens is 1. The van der Waals surface area contributed by atoms with Crippen LogP contribution in [0.4, 0.5) is 0 Å². The number of hydrogen-bond acceptors (Lipinski definition) is 1. The number of carboxylic acid groups (broad SMARTS) is 1. The van der Waals surface area contributed by atoms with Gasteiger partial charge in [-0.2, -0.15) is 0 Å². The standard InChI is InChI=1S/C18H16BrNO2/c1-10-7-8-12-14(9-16(21)22)18(20-17(12)11(10)2)13-5-3-4-6-15(13)19/h3-8,20H,9H2,1-2H3,(H,21,22). The van der Waals surface area contributed by atoms with Gasteiger partial charge in [0.15, 0.2) is 0 Å². The van der Waals surface area contributed by atoms with Crippen LogP contribution in [-0.2, 0) is 11.2 Å². The maximum absolute atomic E-state index is 11.3. The molecule has 0 spiro atoms. The lowest BCUT2D eigenvalue weighted by atomic mass is 10.0. The maximum Gasteiger partial charge on any atom is 0.307 e. The molecule has 0 unspecified atom stereocenters. The summed E-state index contributed by atoms with van der Waals surface area (Å²) in [5.41, 5.74) is 6.04. The van der Waals surface area contributed by atoms with E-state index in [0.29, 0.717) is 0 Å². The Morgan fingerprint density at radius 1 is 1.18 bits per heavy atom. The fraction of sp³-hybridized carbons (Fsp3) is 0.167. The molecular formula is C18H16BrNO2. The molecule has 4 heteroatoms. The molecule has 0 atom stereocenters. The van der Waals surface area contributed by atoms with E-state index in [-0.39, 0.29) is 6.42 Å². The lowest BCUT2D eigenvalue weighted by Crippen LogP contribution is -2.01. The molecular weight excluding hydrogens is 342 g/mol. The number of aromatic nitrogens is 1. The van der Waals surface area contributed by atoms with Crippen molar-refractivity contribution < 1.29 is 9.90 Å². The van der Waals surface area contributed by atoms with Crippen molar-refractivity contribution in [3.05, 3.63) is 57.6 Å². The van der Waals surface area contributed by atoms with Crippen LogP contribution in [-0.4, -0.2) is 16.1 Å². The van der Waals surface area contributed by atoms with Crippen LogP contribution in [0.5, 0.6) is 0 Å². The Morgan fingerprint density at radius 3 is 2.59 bits per heavy atom. The smallest absolute Gasteiger partial charge is 0.307 e. The summed E-state index contributed by atoms with van der Waals surface area (Å²) in [6.07, 6.45) is -0.000825. The van der Waals surface area contributed by atoms with Gasteiger partial charge in [0.2, 0.25) is 0 Å². The topological polar surface area (TPSA) is 53.1 Å². The molecule has 3 rings (SSSR count). The van der Waals surface area contributed by atoms with E-state index < -0.39 is 5.97 Å². The van der Waals surface area contributed by atoms with Gasteiger partial charge in [-0.25, -0.2) is 0 Å². The largest absolute Gasteiger partial charge is 0.481 e. The van der Waals surface area contributed by atoms with Crippen LogP contribution < -0.4 is 0 Å². The first-order valence-corrected chi connectivity index (χ1v) is 7.85. The van der Waals surface area contributed by atoms with Crippen LogP contribution in [0.25, 0.3) is 22.2 Å². The molecule has 0 radical (unpaired) electrons. The van der Waals surface area contributed by atoms with Crippen molar-refractivity contribution in [1.29, 1.82) is 0 Å². The molecule has 0 fully saturated rings. The van der Waals surface area contributed by atoms with Crippen molar-refractivity contribution in [2.45, 2.75) is 20.3 Å². The Balaban J connectivity index is 2.36. The molecule has 0 amide bonds. The van der Waals surface area contributed by atoms with Crippen molar-refractivity contribution >= 4 is 32.8 Å². The number of benzene rings is 2. The Bertz CT molecular complexity index is 880. The molecule has 0 aliphatic heterocycles. The third-order valence-electron chi connectivity index (χ3n) is 4.08. The fourth-order valence-corrected chi connectivity index (χ4v) is 3.28. The van der Waals surface area contributed by atoms with Gasteiger partial charge in [-0.05, 0) is 36.6 Å². The van der Waals surface area contributed by atoms with E-state index in [1.54, 1.807) is 0 Å². The number of fused-ring (bicyclic) bond motifs is 1. The van der Waals surface area contributed by atoms with Gasteiger partial charge in [0.05, 0.1) is 12.1 Å². The summed E-state index contributed by atoms with van der Waals surface area (Å²) >= 11 is 3.56. The van der Waals surface area contributed by atoms with Crippen LogP contribution in [0.15, 0.2) is 40.9 Å². The second kappa shape index (κ2) is 5.61. The Kier molecular flexibility index (Phi) is 3.79. The van der Waals surface area contributed by atoms with E-state index in [2.05, 4.69) is 34.8 Å². The van der Waals surface area contributed by atoms with E-state index in [0.717, 1.165) is 37.8 Å². The van der Waals surface area contributed by atoms with Gasteiger partial charge >= 0.3 is 5.97 Å². The molecule has 0 saturated heterocycles. The average molecular weight is 358 g/mol. The molecule has 0 saturated carbocycles. The van der Waals surface area contributed by atoms with E-state index in [9.17, 15) is 9.90 Å². The quantitative estimate of drug-likeness (QED) is 0.704. The highest BCUT2D eigenvalue weighted by atomic mass is 79.9. The molecule has 0 aliphatic carbocycles. The molecule has 22 heavy (non-hydrogen) atoms. The summed E-state index contributed by atoms with van der Waals surface area (Å²) in [4.78, 5) is 14.7. The highest BCUT2D eigenvalue weighted by Gasteiger charge is 2.18. The van der Waals surface area contributed by atoms with Gasteiger partial charge in [0.1, 0.15) is 0 Å². The number of nitrogens with one attached hydrogen (secondary N) is 1. The van der Waals surface area contributed by atoms with Gasteiger partial charge in [-0.1, -0.05) is 46.3 Å². The van der Waals surface area contributed by atoms with Crippen molar-refractivity contribution in [3.8, 4) is 11.3 Å². The highest BCUT2D eigenvalue weighted by molar-refractivity contribution is 9.10. The Morgan fingerprint density at radius 2 is 1.91 bits per heavy atom. The van der Waals surface area contributed by atoms with Crippen molar-refractivity contribution in [1.82, 2.24) is 4.98 Å². The van der Waals surface area contributed by atoms with Gasteiger partial charge < -0.3 is 10.1 Å². The SMILES string of the molecule is Cc1ccc2c(CC(=O)O)c(-c3ccccc3Br)[nH]c2c1C. The van der Waals surface area contributed by atoms with Gasteiger partial charge in [-0.15, -0.1) is 0 Å². The summed E-state index contributed by atoms with van der Waals surface area (Å²) in [6.45, 7) is 4.12. The van der Waals surface area contributed by atoms with Crippen molar-refractivity contribution in [3.63, 3.8) is 0 Å². The third kappa shape index (κ3) is 2.44.